The zero-order chi connectivity index (χ0) is 72.7. The molecule has 0 saturated carbocycles. The van der Waals surface area contributed by atoms with Gasteiger partial charge in [-0.05, 0) is 175 Å². The van der Waals surface area contributed by atoms with E-state index in [-0.39, 0.29) is 5.41 Å². The Labute approximate surface area is 597 Å². The number of aromatic amines is 5. The number of benzene rings is 7. The van der Waals surface area contributed by atoms with Crippen LogP contribution in [0.5, 0.6) is 0 Å². The summed E-state index contributed by atoms with van der Waals surface area (Å²) >= 11 is 0. The maximum atomic E-state index is 5.70. The quantitative estimate of drug-likeness (QED) is 0.0759. The van der Waals surface area contributed by atoms with Crippen molar-refractivity contribution in [1.82, 2.24) is 50.1 Å². The lowest BCUT2D eigenvalue weighted by atomic mass is 9.86. The molecule has 1 aliphatic rings. The number of pyridine rings is 2. The van der Waals surface area contributed by atoms with Gasteiger partial charge < -0.3 is 41.1 Å². The van der Waals surface area contributed by atoms with Crippen LogP contribution in [0.25, 0.3) is 76.6 Å². The number of nitrogen functional groups attached to an aromatic ring is 2. The van der Waals surface area contributed by atoms with Crippen LogP contribution in [-0.2, 0) is 11.8 Å². The summed E-state index contributed by atoms with van der Waals surface area (Å²) in [5.41, 5.74) is 34.5. The topological polar surface area (TPSA) is 221 Å². The van der Waals surface area contributed by atoms with E-state index < -0.39 is 0 Å². The molecule has 16 rings (SSSR count). The molecule has 14 nitrogen and oxygen atoms in total. The van der Waals surface area contributed by atoms with E-state index in [0.717, 1.165) is 62.9 Å². The van der Waals surface area contributed by atoms with Gasteiger partial charge in [0.1, 0.15) is 11.4 Å². The monoisotopic (exact) mass is 1350 g/mol. The lowest BCUT2D eigenvalue weighted by molar-refractivity contribution is 0.591. The fraction of sp³-hybridized carbons (Fsp3) is 0.322. The molecule has 0 atom stereocenters. The average molecular weight is 1350 g/mol. The van der Waals surface area contributed by atoms with Crippen LogP contribution in [0.2, 0.25) is 0 Å². The first kappa shape index (κ1) is 74.7. The summed E-state index contributed by atoms with van der Waals surface area (Å²) in [5.74, 6) is 5.84. The lowest BCUT2D eigenvalue weighted by Gasteiger charge is -2.19. The molecule has 0 bridgehead atoms. The van der Waals surface area contributed by atoms with Gasteiger partial charge >= 0.3 is 0 Å². The number of imidazole rings is 2. The summed E-state index contributed by atoms with van der Waals surface area (Å²) in [5, 5.41) is 16.5. The number of hydrogen-bond donors (Lipinski definition) is 8. The smallest absolute Gasteiger partial charge is 0.198 e. The van der Waals surface area contributed by atoms with Crippen LogP contribution in [0.3, 0.4) is 0 Å². The second-order valence-electron chi connectivity index (χ2n) is 29.3. The van der Waals surface area contributed by atoms with E-state index in [0.29, 0.717) is 53.2 Å². The molecular weight excluding hydrogens is 1240 g/mol. The highest BCUT2D eigenvalue weighted by Gasteiger charge is 2.18. The Hall–Kier alpha value is -10.5. The van der Waals surface area contributed by atoms with Crippen molar-refractivity contribution in [2.75, 3.05) is 23.3 Å². The number of nitrogens with one attached hydrogen (secondary N) is 6. The molecule has 526 valence electrons. The van der Waals surface area contributed by atoms with Gasteiger partial charge in [0.05, 0.1) is 56.3 Å². The second kappa shape index (κ2) is 34.1. The number of aryl methyl sites for hydroxylation is 1. The van der Waals surface area contributed by atoms with Crippen LogP contribution in [0.15, 0.2) is 199 Å². The maximum absolute atomic E-state index is 5.70. The van der Waals surface area contributed by atoms with Crippen LogP contribution in [0.4, 0.5) is 17.5 Å². The molecule has 7 aromatic carbocycles. The molecular formula is C87H107N13O. The van der Waals surface area contributed by atoms with E-state index in [4.69, 9.17) is 15.9 Å². The number of furan rings is 1. The molecule has 8 aromatic heterocycles. The Bertz CT molecular complexity index is 4910. The van der Waals surface area contributed by atoms with E-state index in [1.165, 1.54) is 88.5 Å². The number of para-hydroxylation sites is 4. The van der Waals surface area contributed by atoms with E-state index in [9.17, 15) is 0 Å². The standard InChI is InChI=1S/C14H16.C11H14N2.C11H13N.C11H12O.2C10H13N3.C10H14N2.C10H12N2/c1-14(2,3)13-9-8-11-6-4-5-7-12(11)10-13;1-7(2)9-5-4-6-10-11(9)13-8(3)12-10;1-8(2)9-3-4-11-10(7-9)5-6-12-11;1-8(2)10-5-3-4-9-6-7-12-11(9)10;1-6(2)7-4-3-5-8-9(7)13-10(11)12-8;1-6(2)7-4-3-5-8-9(7)12-13-10(8)11;2*1-7(2)8-3-5-11-9-4-6-12-10(8)9/h4-10H,1-3H3;4-7H,1-3H3,(H,12,13);3-8,12H,1-2H3;3-8H,1-2H3;2*3-6H,1-2H3,(H3,11,12,13);3,5,7,12H,4,6H2,1-2H3;3-7,12H,1-2H3. The molecule has 1 aliphatic heterocycles. The molecule has 0 radical (unpaired) electrons. The van der Waals surface area contributed by atoms with Crippen LogP contribution in [0, 0.1) is 6.92 Å². The van der Waals surface area contributed by atoms with Gasteiger partial charge in [-0.2, -0.15) is 5.10 Å². The number of aromatic nitrogens is 10. The lowest BCUT2D eigenvalue weighted by Crippen LogP contribution is -2.10. The average Bonchev–Trinajstić information content (AvgIpc) is 1.40. The van der Waals surface area contributed by atoms with Gasteiger partial charge in [0, 0.05) is 54.0 Å². The predicted octanol–water partition coefficient (Wildman–Crippen LogP) is 23.4. The zero-order valence-electron chi connectivity index (χ0n) is 62.7. The number of nitrogens with two attached hydrogens (primary N) is 2. The minimum Gasteiger partial charge on any atom is -0.464 e. The van der Waals surface area contributed by atoms with Gasteiger partial charge in [0.15, 0.2) is 11.8 Å². The fourth-order valence-corrected chi connectivity index (χ4v) is 12.5. The van der Waals surface area contributed by atoms with Crippen LogP contribution >= 0.6 is 0 Å². The molecule has 0 aliphatic carbocycles. The third-order valence-corrected chi connectivity index (χ3v) is 18.2. The third kappa shape index (κ3) is 19.1. The van der Waals surface area contributed by atoms with Crippen LogP contribution < -0.4 is 16.8 Å². The van der Waals surface area contributed by atoms with Gasteiger partial charge in [-0.15, -0.1) is 0 Å². The highest BCUT2D eigenvalue weighted by atomic mass is 16.3. The van der Waals surface area contributed by atoms with Crippen LogP contribution in [0.1, 0.15) is 215 Å². The molecule has 0 amide bonds. The van der Waals surface area contributed by atoms with Gasteiger partial charge in [-0.1, -0.05) is 221 Å². The number of H-pyrrole nitrogens is 5. The van der Waals surface area contributed by atoms with Crippen molar-refractivity contribution in [2.24, 2.45) is 0 Å². The van der Waals surface area contributed by atoms with Gasteiger partial charge in [0.2, 0.25) is 0 Å². The van der Waals surface area contributed by atoms with E-state index in [1.54, 1.807) is 6.26 Å². The summed E-state index contributed by atoms with van der Waals surface area (Å²) in [6.07, 6.45) is 10.5. The summed E-state index contributed by atoms with van der Waals surface area (Å²) in [4.78, 5) is 30.0. The van der Waals surface area contributed by atoms with Crippen molar-refractivity contribution in [3.8, 4) is 0 Å². The number of hydrogen-bond acceptors (Lipinski definition) is 9. The first-order chi connectivity index (χ1) is 48.3. The van der Waals surface area contributed by atoms with Crippen LogP contribution in [-0.4, -0.2) is 56.6 Å². The first-order valence-corrected chi connectivity index (χ1v) is 35.9. The Morgan fingerprint density at radius 3 is 1.72 bits per heavy atom. The van der Waals surface area contributed by atoms with Crippen molar-refractivity contribution >= 4 is 94.1 Å². The molecule has 0 unspecified atom stereocenters. The first-order valence-electron chi connectivity index (χ1n) is 35.9. The molecule has 10 N–H and O–H groups in total. The number of rotatable bonds is 7. The molecule has 0 spiro atoms. The second-order valence-corrected chi connectivity index (χ2v) is 29.3. The minimum atomic E-state index is 0.240. The van der Waals surface area contributed by atoms with E-state index >= 15 is 0 Å². The molecule has 101 heavy (non-hydrogen) atoms. The Kier molecular flexibility index (Phi) is 25.2. The number of fused-ring (bicyclic) bond motifs is 8. The summed E-state index contributed by atoms with van der Waals surface area (Å²) in [6.45, 7) is 40.4. The fourth-order valence-electron chi connectivity index (χ4n) is 12.5. The Morgan fingerprint density at radius 2 is 1.05 bits per heavy atom. The zero-order valence-corrected chi connectivity index (χ0v) is 62.7. The Balaban J connectivity index is 0.000000135. The van der Waals surface area contributed by atoms with Crippen molar-refractivity contribution in [3.63, 3.8) is 0 Å². The van der Waals surface area contributed by atoms with Crippen molar-refractivity contribution in [3.05, 3.63) is 251 Å². The third-order valence-electron chi connectivity index (χ3n) is 18.2. The molecule has 9 heterocycles. The summed E-state index contributed by atoms with van der Waals surface area (Å²) < 4.78 is 5.41. The van der Waals surface area contributed by atoms with E-state index in [2.05, 4.69) is 300 Å². The van der Waals surface area contributed by atoms with E-state index in [1.807, 2.05) is 68.1 Å². The highest BCUT2D eigenvalue weighted by Crippen LogP contribution is 2.32. The molecule has 0 saturated heterocycles. The van der Waals surface area contributed by atoms with Gasteiger partial charge in [-0.3, -0.25) is 15.1 Å². The number of nitrogens with zero attached hydrogens (tertiary/aromatic N) is 5. The molecule has 15 aromatic rings. The highest BCUT2D eigenvalue weighted by molar-refractivity contribution is 5.91. The minimum absolute atomic E-state index is 0.240. The Morgan fingerprint density at radius 1 is 0.465 bits per heavy atom. The van der Waals surface area contributed by atoms with Gasteiger partial charge in [-0.25, -0.2) is 9.97 Å². The SMILES string of the molecule is CC(C)(C)c1ccc2ccccc2c1.CC(C)c1ccc2[nH]ccc2c1.CC(C)c1cccc2[nH]c(N)nc12.CC(C)c1cccc2c(N)n[nH]c12.CC(C)c1cccc2ccoc12.CC(C)c1ccnc2c1NCC2.CC(C)c1ccnc2cc[nH]c12.Cc1nc2c(C(C)C)cccc2[nH]1. The largest absolute Gasteiger partial charge is 0.464 e. The predicted molar refractivity (Wildman–Crippen MR) is 430 cm³/mol. The van der Waals surface area contributed by atoms with Crippen molar-refractivity contribution < 1.29 is 4.42 Å². The summed E-state index contributed by atoms with van der Waals surface area (Å²) in [7, 11) is 0. The van der Waals surface area contributed by atoms with Gasteiger partial charge in [0.25, 0.3) is 0 Å². The maximum Gasteiger partial charge on any atom is 0.198 e. The van der Waals surface area contributed by atoms with Crippen molar-refractivity contribution in [2.45, 2.75) is 178 Å². The normalized spacial score (nSPS) is 11.8. The number of anilines is 3. The molecule has 0 fully saturated rings. The molecule has 14 heteroatoms. The van der Waals surface area contributed by atoms with Crippen molar-refractivity contribution in [1.29, 1.82) is 0 Å². The summed E-state index contributed by atoms with van der Waals surface area (Å²) in [6, 6.07) is 56.9.